The predicted octanol–water partition coefficient (Wildman–Crippen LogP) is 4.04. The minimum Gasteiger partial charge on any atom is -0.374 e. The van der Waals surface area contributed by atoms with E-state index in [9.17, 15) is 9.90 Å². The van der Waals surface area contributed by atoms with Gasteiger partial charge in [0.25, 0.3) is 5.56 Å². The van der Waals surface area contributed by atoms with Crippen molar-refractivity contribution in [2.75, 3.05) is 0 Å². The molecule has 0 aliphatic carbocycles. The number of hydrogen-bond acceptors (Lipinski definition) is 4. The quantitative estimate of drug-likeness (QED) is 0.414. The van der Waals surface area contributed by atoms with E-state index in [0.29, 0.717) is 5.56 Å². The molecule has 0 amide bonds. The number of rotatable bonds is 6. The summed E-state index contributed by atoms with van der Waals surface area (Å²) in [6, 6.07) is 16.1. The number of aromatic amines is 1. The van der Waals surface area contributed by atoms with Crippen LogP contribution in [-0.2, 0) is 6.54 Å². The molecule has 2 unspecified atom stereocenters. The van der Waals surface area contributed by atoms with Gasteiger partial charge >= 0.3 is 0 Å². The van der Waals surface area contributed by atoms with Crippen molar-refractivity contribution in [2.24, 2.45) is 0 Å². The van der Waals surface area contributed by atoms with E-state index >= 15 is 0 Å². The molecule has 3 heterocycles. The third kappa shape index (κ3) is 3.92. The van der Waals surface area contributed by atoms with E-state index in [2.05, 4.69) is 38.9 Å². The van der Waals surface area contributed by atoms with Crippen LogP contribution < -0.4 is 10.9 Å². The summed E-state index contributed by atoms with van der Waals surface area (Å²) >= 11 is 0. The number of pyridine rings is 2. The Bertz CT molecular complexity index is 1270. The summed E-state index contributed by atoms with van der Waals surface area (Å²) < 4.78 is 2.16. The van der Waals surface area contributed by atoms with Crippen LogP contribution in [0.1, 0.15) is 52.8 Å². The molecule has 0 bridgehead atoms. The molecule has 160 valence electrons. The Hall–Kier alpha value is -3.22. The van der Waals surface area contributed by atoms with Crippen molar-refractivity contribution in [1.82, 2.24) is 19.9 Å². The zero-order valence-corrected chi connectivity index (χ0v) is 18.3. The third-order valence-corrected chi connectivity index (χ3v) is 5.96. The highest BCUT2D eigenvalue weighted by Crippen LogP contribution is 2.33. The Labute approximate surface area is 181 Å². The van der Waals surface area contributed by atoms with Crippen LogP contribution in [-0.4, -0.2) is 19.6 Å². The largest absolute Gasteiger partial charge is 0.374 e. The fourth-order valence-electron chi connectivity index (χ4n) is 4.38. The Balaban J connectivity index is 1.71. The lowest BCUT2D eigenvalue weighted by Crippen LogP contribution is -2.26. The first kappa shape index (κ1) is 21.0. The van der Waals surface area contributed by atoms with Gasteiger partial charge in [-0.3, -0.25) is 10.1 Å². The van der Waals surface area contributed by atoms with Crippen LogP contribution in [0.2, 0.25) is 0 Å². The van der Waals surface area contributed by atoms with Crippen molar-refractivity contribution >= 4 is 11.0 Å². The fraction of sp³-hybridized carbons (Fsp3) is 0.280. The summed E-state index contributed by atoms with van der Waals surface area (Å²) in [6.45, 7) is 8.18. The second-order valence-electron chi connectivity index (χ2n) is 8.06. The number of aryl methyl sites for hydroxylation is 2. The van der Waals surface area contributed by atoms with E-state index < -0.39 is 6.23 Å². The van der Waals surface area contributed by atoms with E-state index in [-0.39, 0.29) is 18.1 Å². The molecule has 0 aliphatic rings. The lowest BCUT2D eigenvalue weighted by Gasteiger charge is -2.19. The van der Waals surface area contributed by atoms with E-state index in [4.69, 9.17) is 0 Å². The maximum Gasteiger partial charge on any atom is 0.252 e. The van der Waals surface area contributed by atoms with Gasteiger partial charge in [-0.2, -0.15) is 0 Å². The molecule has 0 saturated heterocycles. The van der Waals surface area contributed by atoms with Gasteiger partial charge < -0.3 is 14.7 Å². The van der Waals surface area contributed by atoms with Gasteiger partial charge in [-0.25, -0.2) is 4.98 Å². The first-order chi connectivity index (χ1) is 14.9. The summed E-state index contributed by atoms with van der Waals surface area (Å²) in [6.07, 6.45) is 0.838. The number of benzene rings is 1. The Morgan fingerprint density at radius 3 is 2.58 bits per heavy atom. The van der Waals surface area contributed by atoms with Gasteiger partial charge in [0.05, 0.1) is 6.04 Å². The SMILES string of the molecule is Cc1cc(C)c(CNC(O)c2c(C)n(C(C)c3ccccc3)c3ncccc23)c(=O)[nH]1. The van der Waals surface area contributed by atoms with Crippen LogP contribution in [0.15, 0.2) is 59.5 Å². The highest BCUT2D eigenvalue weighted by Gasteiger charge is 2.24. The van der Waals surface area contributed by atoms with E-state index in [1.165, 1.54) is 5.56 Å². The molecule has 6 heteroatoms. The van der Waals surface area contributed by atoms with Crippen molar-refractivity contribution in [3.05, 3.63) is 98.7 Å². The molecule has 0 radical (unpaired) electrons. The molecule has 0 saturated carbocycles. The standard InChI is InChI=1S/C25H28N4O2/c1-15-13-16(2)28-24(30)21(15)14-27-25(31)22-18(4)29(23-20(22)11-8-12-26-23)17(3)19-9-6-5-7-10-19/h5-13,17,25,27,31H,14H2,1-4H3,(H,28,30). The summed E-state index contributed by atoms with van der Waals surface area (Å²) in [7, 11) is 0. The Morgan fingerprint density at radius 2 is 1.87 bits per heavy atom. The van der Waals surface area contributed by atoms with Crippen LogP contribution in [0.25, 0.3) is 11.0 Å². The lowest BCUT2D eigenvalue weighted by molar-refractivity contribution is 0.137. The van der Waals surface area contributed by atoms with Gasteiger partial charge in [0.1, 0.15) is 11.9 Å². The number of nitrogens with zero attached hydrogens (tertiary/aromatic N) is 2. The molecule has 6 nitrogen and oxygen atoms in total. The molecule has 0 aliphatic heterocycles. The Morgan fingerprint density at radius 1 is 1.13 bits per heavy atom. The zero-order valence-electron chi connectivity index (χ0n) is 18.3. The van der Waals surface area contributed by atoms with Gasteiger partial charge in [0.2, 0.25) is 0 Å². The molecule has 3 aromatic heterocycles. The van der Waals surface area contributed by atoms with Crippen molar-refractivity contribution < 1.29 is 5.11 Å². The zero-order chi connectivity index (χ0) is 22.1. The third-order valence-electron chi connectivity index (χ3n) is 5.96. The Kier molecular flexibility index (Phi) is 5.76. The van der Waals surface area contributed by atoms with Gasteiger partial charge in [-0.05, 0) is 57.0 Å². The molecule has 0 fully saturated rings. The molecule has 3 N–H and O–H groups in total. The van der Waals surface area contributed by atoms with E-state index in [1.54, 1.807) is 6.20 Å². The van der Waals surface area contributed by atoms with Crippen LogP contribution in [0.5, 0.6) is 0 Å². The first-order valence-electron chi connectivity index (χ1n) is 10.5. The van der Waals surface area contributed by atoms with Crippen molar-refractivity contribution in [3.8, 4) is 0 Å². The molecule has 4 rings (SSSR count). The van der Waals surface area contributed by atoms with Crippen LogP contribution >= 0.6 is 0 Å². The van der Waals surface area contributed by atoms with Gasteiger partial charge in [-0.1, -0.05) is 30.3 Å². The topological polar surface area (TPSA) is 82.9 Å². The lowest BCUT2D eigenvalue weighted by atomic mass is 10.1. The average molecular weight is 417 g/mol. The second-order valence-corrected chi connectivity index (χ2v) is 8.06. The van der Waals surface area contributed by atoms with Crippen molar-refractivity contribution in [1.29, 1.82) is 0 Å². The summed E-state index contributed by atoms with van der Waals surface area (Å²) in [4.78, 5) is 19.8. The van der Waals surface area contributed by atoms with Crippen LogP contribution in [0.4, 0.5) is 0 Å². The number of nitrogens with one attached hydrogen (secondary N) is 2. The highest BCUT2D eigenvalue weighted by molar-refractivity contribution is 5.82. The van der Waals surface area contributed by atoms with Gasteiger partial charge in [0.15, 0.2) is 0 Å². The number of aliphatic hydroxyl groups is 1. The fourth-order valence-corrected chi connectivity index (χ4v) is 4.38. The van der Waals surface area contributed by atoms with Gasteiger partial charge in [-0.15, -0.1) is 0 Å². The molecule has 2 atom stereocenters. The number of fused-ring (bicyclic) bond motifs is 1. The molecule has 4 aromatic rings. The van der Waals surface area contributed by atoms with Crippen molar-refractivity contribution in [2.45, 2.75) is 46.5 Å². The second kappa shape index (κ2) is 8.49. The van der Waals surface area contributed by atoms with E-state index in [0.717, 1.165) is 33.5 Å². The van der Waals surface area contributed by atoms with Gasteiger partial charge in [0, 0.05) is 40.6 Å². The number of H-pyrrole nitrogens is 1. The maximum absolute atomic E-state index is 12.3. The minimum atomic E-state index is -0.934. The number of aromatic nitrogens is 3. The first-order valence-corrected chi connectivity index (χ1v) is 10.5. The molecule has 31 heavy (non-hydrogen) atoms. The summed E-state index contributed by atoms with van der Waals surface area (Å²) in [5.41, 5.74) is 5.95. The normalized spacial score (nSPS) is 13.5. The molecule has 0 spiro atoms. The highest BCUT2D eigenvalue weighted by atomic mass is 16.3. The molecule has 1 aromatic carbocycles. The van der Waals surface area contributed by atoms with Crippen molar-refractivity contribution in [3.63, 3.8) is 0 Å². The van der Waals surface area contributed by atoms with E-state index in [1.807, 2.05) is 57.2 Å². The predicted molar refractivity (Wildman–Crippen MR) is 123 cm³/mol. The summed E-state index contributed by atoms with van der Waals surface area (Å²) in [5, 5.41) is 15.1. The number of aliphatic hydroxyl groups excluding tert-OH is 1. The smallest absolute Gasteiger partial charge is 0.252 e. The van der Waals surface area contributed by atoms with Crippen LogP contribution in [0, 0.1) is 20.8 Å². The maximum atomic E-state index is 12.3. The minimum absolute atomic E-state index is 0.0572. The monoisotopic (exact) mass is 416 g/mol. The summed E-state index contributed by atoms with van der Waals surface area (Å²) in [5.74, 6) is 0. The average Bonchev–Trinajstić information content (AvgIpc) is 3.04. The number of hydrogen-bond donors (Lipinski definition) is 3. The van der Waals surface area contributed by atoms with Crippen LogP contribution in [0.3, 0.4) is 0 Å². The molecular weight excluding hydrogens is 388 g/mol. The molecular formula is C25H28N4O2.